The van der Waals surface area contributed by atoms with Crippen LogP contribution in [0.3, 0.4) is 0 Å². The van der Waals surface area contributed by atoms with Crippen molar-refractivity contribution in [3.63, 3.8) is 0 Å². The molecule has 0 aliphatic carbocycles. The Bertz CT molecular complexity index is 633. The normalized spacial score (nSPS) is 15.6. The van der Waals surface area contributed by atoms with Gasteiger partial charge in [-0.2, -0.15) is 0 Å². The molecule has 0 spiro atoms. The maximum Gasteiger partial charge on any atom is 0.197 e. The molecule has 1 aliphatic rings. The maximum atomic E-state index is 13.9. The van der Waals surface area contributed by atoms with Gasteiger partial charge in [0, 0.05) is 13.1 Å². The summed E-state index contributed by atoms with van der Waals surface area (Å²) in [6.45, 7) is 1.01. The number of halogens is 3. The van der Waals surface area contributed by atoms with E-state index in [4.69, 9.17) is 4.42 Å². The van der Waals surface area contributed by atoms with E-state index < -0.39 is 17.5 Å². The van der Waals surface area contributed by atoms with Gasteiger partial charge in [-0.15, -0.1) is 0 Å². The molecule has 3 rings (SSSR count). The van der Waals surface area contributed by atoms with Crippen molar-refractivity contribution in [3.8, 4) is 0 Å². The summed E-state index contributed by atoms with van der Waals surface area (Å²) in [7, 11) is 0. The van der Waals surface area contributed by atoms with Gasteiger partial charge in [0.05, 0.1) is 11.6 Å². The largest absolute Gasteiger partial charge is 0.462 e. The Morgan fingerprint density at radius 3 is 2.61 bits per heavy atom. The minimum Gasteiger partial charge on any atom is -0.462 e. The fourth-order valence-electron chi connectivity index (χ4n) is 2.21. The summed E-state index contributed by atoms with van der Waals surface area (Å²) >= 11 is 0. The van der Waals surface area contributed by atoms with Gasteiger partial charge in [0.2, 0.25) is 0 Å². The highest BCUT2D eigenvalue weighted by Gasteiger charge is 2.26. The fourth-order valence-corrected chi connectivity index (χ4v) is 2.21. The van der Waals surface area contributed by atoms with Crippen LogP contribution < -0.4 is 4.90 Å². The van der Waals surface area contributed by atoms with Gasteiger partial charge in [0.1, 0.15) is 5.69 Å². The third-order valence-corrected chi connectivity index (χ3v) is 3.08. The van der Waals surface area contributed by atoms with Crippen LogP contribution in [0, 0.1) is 17.5 Å². The Kier molecular flexibility index (Phi) is 2.54. The molecule has 0 atom stereocenters. The van der Waals surface area contributed by atoms with Crippen LogP contribution in [0.4, 0.5) is 18.9 Å². The minimum absolute atomic E-state index is 0.00162. The molecule has 0 saturated carbocycles. The molecule has 1 aliphatic heterocycles. The smallest absolute Gasteiger partial charge is 0.197 e. The van der Waals surface area contributed by atoms with Crippen molar-refractivity contribution in [2.45, 2.75) is 6.42 Å². The highest BCUT2D eigenvalue weighted by Crippen LogP contribution is 2.35. The molecule has 0 fully saturated rings. The molecule has 0 N–H and O–H groups in total. The van der Waals surface area contributed by atoms with Crippen LogP contribution >= 0.6 is 0 Å². The molecule has 2 nitrogen and oxygen atoms in total. The van der Waals surface area contributed by atoms with E-state index in [1.54, 1.807) is 4.90 Å². The molecule has 0 bridgehead atoms. The third-order valence-electron chi connectivity index (χ3n) is 3.08. The Morgan fingerprint density at radius 2 is 1.89 bits per heavy atom. The number of anilines is 1. The number of hydrogen-bond donors (Lipinski definition) is 0. The molecule has 94 valence electrons. The number of hydrogen-bond acceptors (Lipinski definition) is 2. The van der Waals surface area contributed by atoms with Crippen molar-refractivity contribution in [2.24, 2.45) is 0 Å². The molecular formula is C13H10F3NO. The first kappa shape index (κ1) is 11.2. The zero-order chi connectivity index (χ0) is 12.7. The standard InChI is InChI=1S/C13H10F3NO/c14-9-8-4-7-18-13(8)12(11(16)10(9)15)17-5-2-1-3-6-17/h1-2,4,7H,3,5-6H2. The molecule has 1 aromatic heterocycles. The monoisotopic (exact) mass is 253 g/mol. The number of nitrogens with zero attached hydrogens (tertiary/aromatic N) is 1. The van der Waals surface area contributed by atoms with Gasteiger partial charge >= 0.3 is 0 Å². The summed E-state index contributed by atoms with van der Waals surface area (Å²) in [5, 5.41) is -0.0292. The minimum atomic E-state index is -1.45. The highest BCUT2D eigenvalue weighted by atomic mass is 19.2. The Hall–Kier alpha value is -1.91. The van der Waals surface area contributed by atoms with E-state index in [2.05, 4.69) is 0 Å². The van der Waals surface area contributed by atoms with E-state index in [-0.39, 0.29) is 16.7 Å². The average molecular weight is 253 g/mol. The van der Waals surface area contributed by atoms with Gasteiger partial charge in [0.25, 0.3) is 0 Å². The summed E-state index contributed by atoms with van der Waals surface area (Å²) < 4.78 is 46.1. The van der Waals surface area contributed by atoms with Crippen LogP contribution in [0.5, 0.6) is 0 Å². The predicted molar refractivity (Wildman–Crippen MR) is 62.1 cm³/mol. The molecule has 0 radical (unpaired) electrons. The Labute approximate surface area is 101 Å². The van der Waals surface area contributed by atoms with Gasteiger partial charge in [-0.05, 0) is 12.5 Å². The van der Waals surface area contributed by atoms with Gasteiger partial charge in [-0.1, -0.05) is 12.2 Å². The second-order valence-corrected chi connectivity index (χ2v) is 4.16. The van der Waals surface area contributed by atoms with E-state index in [0.29, 0.717) is 13.1 Å². The molecule has 2 aromatic rings. The summed E-state index contributed by atoms with van der Waals surface area (Å²) in [4.78, 5) is 1.64. The lowest BCUT2D eigenvalue weighted by Crippen LogP contribution is -2.28. The summed E-state index contributed by atoms with van der Waals surface area (Å²) in [6, 6.07) is 1.30. The SMILES string of the molecule is Fc1c(F)c(N2CC=CCC2)c2occc2c1F. The van der Waals surface area contributed by atoms with Crippen molar-refractivity contribution >= 4 is 16.7 Å². The van der Waals surface area contributed by atoms with E-state index in [0.717, 1.165) is 6.42 Å². The molecule has 1 aromatic carbocycles. The topological polar surface area (TPSA) is 16.4 Å². The van der Waals surface area contributed by atoms with Crippen molar-refractivity contribution < 1.29 is 17.6 Å². The van der Waals surface area contributed by atoms with Crippen LogP contribution in [0.1, 0.15) is 6.42 Å². The highest BCUT2D eigenvalue weighted by molar-refractivity contribution is 5.90. The van der Waals surface area contributed by atoms with Crippen molar-refractivity contribution in [1.82, 2.24) is 0 Å². The lowest BCUT2D eigenvalue weighted by atomic mass is 10.1. The Balaban J connectivity index is 2.27. The molecule has 5 heteroatoms. The zero-order valence-electron chi connectivity index (χ0n) is 9.42. The van der Waals surface area contributed by atoms with E-state index in [9.17, 15) is 13.2 Å². The predicted octanol–water partition coefficient (Wildman–Crippen LogP) is 3.62. The maximum absolute atomic E-state index is 13.9. The van der Waals surface area contributed by atoms with Crippen LogP contribution in [0.15, 0.2) is 28.9 Å². The average Bonchev–Trinajstić information content (AvgIpc) is 2.87. The van der Waals surface area contributed by atoms with Crippen LogP contribution in [-0.4, -0.2) is 13.1 Å². The molecule has 0 unspecified atom stereocenters. The number of benzene rings is 1. The fraction of sp³-hybridized carbons (Fsp3) is 0.231. The molecule has 0 saturated heterocycles. The van der Waals surface area contributed by atoms with Gasteiger partial charge in [0.15, 0.2) is 23.0 Å². The second-order valence-electron chi connectivity index (χ2n) is 4.16. The molecule has 2 heterocycles. The summed E-state index contributed by atoms with van der Waals surface area (Å²) in [5.41, 5.74) is 0.0555. The van der Waals surface area contributed by atoms with Gasteiger partial charge < -0.3 is 9.32 Å². The lowest BCUT2D eigenvalue weighted by molar-refractivity contribution is 0.450. The number of fused-ring (bicyclic) bond motifs is 1. The van der Waals surface area contributed by atoms with Gasteiger partial charge in [-0.25, -0.2) is 13.2 Å². The number of rotatable bonds is 1. The van der Waals surface area contributed by atoms with Crippen molar-refractivity contribution in [1.29, 1.82) is 0 Å². The second kappa shape index (κ2) is 4.08. The number of furan rings is 1. The van der Waals surface area contributed by atoms with E-state index in [1.807, 2.05) is 12.2 Å². The summed E-state index contributed by atoms with van der Waals surface area (Å²) in [6.07, 6.45) is 5.79. The first-order valence-electron chi connectivity index (χ1n) is 5.63. The zero-order valence-corrected chi connectivity index (χ0v) is 9.42. The lowest BCUT2D eigenvalue weighted by Gasteiger charge is -2.26. The molecular weight excluding hydrogens is 243 g/mol. The van der Waals surface area contributed by atoms with Crippen molar-refractivity contribution in [3.05, 3.63) is 41.9 Å². The first-order valence-corrected chi connectivity index (χ1v) is 5.63. The third kappa shape index (κ3) is 1.50. The quantitative estimate of drug-likeness (QED) is 0.570. The van der Waals surface area contributed by atoms with Crippen molar-refractivity contribution in [2.75, 3.05) is 18.0 Å². The summed E-state index contributed by atoms with van der Waals surface area (Å²) in [5.74, 6) is -3.84. The molecule has 0 amide bonds. The van der Waals surface area contributed by atoms with Crippen LogP contribution in [0.2, 0.25) is 0 Å². The van der Waals surface area contributed by atoms with E-state index in [1.165, 1.54) is 12.3 Å². The van der Waals surface area contributed by atoms with E-state index >= 15 is 0 Å². The Morgan fingerprint density at radius 1 is 1.06 bits per heavy atom. The molecule has 18 heavy (non-hydrogen) atoms. The van der Waals surface area contributed by atoms with Gasteiger partial charge in [-0.3, -0.25) is 0 Å². The van der Waals surface area contributed by atoms with Crippen LogP contribution in [-0.2, 0) is 0 Å². The first-order chi connectivity index (χ1) is 8.70. The van der Waals surface area contributed by atoms with Crippen LogP contribution in [0.25, 0.3) is 11.0 Å².